The Morgan fingerprint density at radius 3 is 2.56 bits per heavy atom. The van der Waals surface area contributed by atoms with E-state index < -0.39 is 21.8 Å². The smallest absolute Gasteiger partial charge is 0.370 e. The van der Waals surface area contributed by atoms with E-state index in [-0.39, 0.29) is 35.9 Å². The van der Waals surface area contributed by atoms with Crippen molar-refractivity contribution in [3.8, 4) is 6.07 Å². The van der Waals surface area contributed by atoms with E-state index in [1.54, 1.807) is 12.4 Å². The number of anilines is 1. The Hall–Kier alpha value is -3.10. The summed E-state index contributed by atoms with van der Waals surface area (Å²) in [4.78, 5) is 9.09. The number of hydrogen-bond donors (Lipinski definition) is 1. The van der Waals surface area contributed by atoms with Gasteiger partial charge in [0.15, 0.2) is 0 Å². The molecule has 1 N–H and O–H groups in total. The number of pyridine rings is 1. The highest BCUT2D eigenvalue weighted by atomic mass is 32.2. The average molecular weight is 490 g/mol. The fourth-order valence-corrected chi connectivity index (χ4v) is 6.96. The Morgan fingerprint density at radius 2 is 1.91 bits per heavy atom. The summed E-state index contributed by atoms with van der Waals surface area (Å²) in [6.45, 7) is 0.545. The minimum absolute atomic E-state index is 0.0992. The third-order valence-electron chi connectivity index (χ3n) is 7.07. The highest BCUT2D eigenvalue weighted by molar-refractivity contribution is 7.89. The van der Waals surface area contributed by atoms with Crippen LogP contribution in [0.25, 0.3) is 11.0 Å². The molecule has 2 aromatic heterocycles. The lowest BCUT2D eigenvalue weighted by molar-refractivity contribution is -0.137. The number of aromatic nitrogens is 2. The maximum Gasteiger partial charge on any atom is 0.416 e. The van der Waals surface area contributed by atoms with Crippen molar-refractivity contribution in [3.05, 3.63) is 53.9 Å². The molecule has 0 bridgehead atoms. The summed E-state index contributed by atoms with van der Waals surface area (Å²) in [6, 6.07) is 8.11. The van der Waals surface area contributed by atoms with Gasteiger partial charge in [-0.1, -0.05) is 6.07 Å². The second-order valence-electron chi connectivity index (χ2n) is 8.98. The van der Waals surface area contributed by atoms with Gasteiger partial charge in [-0.3, -0.25) is 0 Å². The van der Waals surface area contributed by atoms with Crippen molar-refractivity contribution >= 4 is 26.7 Å². The van der Waals surface area contributed by atoms with Crippen LogP contribution in [0.15, 0.2) is 47.6 Å². The maximum atomic E-state index is 13.1. The largest absolute Gasteiger partial charge is 0.416 e. The topological polar surface area (TPSA) is 93.1 Å². The number of rotatable bonds is 4. The standard InChI is InChI=1S/C23H22F3N5O2S/c1-30(21-16(10-27)11-29-22-20(21)5-6-28-22)18-7-14-12-31(13-15(14)8-18)34(32,33)19-4-2-3-17(9-19)23(24,25)26/h2-6,9,11,14-15,18H,7-8,12-13H2,1H3,(H,28,29)/t14-,15?,18+/m0/s1. The van der Waals surface area contributed by atoms with E-state index in [4.69, 9.17) is 0 Å². The summed E-state index contributed by atoms with van der Waals surface area (Å²) in [5.74, 6) is 0.198. The maximum absolute atomic E-state index is 13.1. The van der Waals surface area contributed by atoms with Gasteiger partial charge in [0, 0.05) is 44.0 Å². The van der Waals surface area contributed by atoms with Crippen molar-refractivity contribution in [2.24, 2.45) is 11.8 Å². The lowest BCUT2D eigenvalue weighted by Gasteiger charge is -2.29. The predicted octanol–water partition coefficient (Wildman–Crippen LogP) is 3.99. The van der Waals surface area contributed by atoms with Gasteiger partial charge in [0.1, 0.15) is 11.7 Å². The molecule has 1 unspecified atom stereocenters. The number of benzene rings is 1. The lowest BCUT2D eigenvalue weighted by Crippen LogP contribution is -2.34. The molecule has 1 saturated carbocycles. The zero-order chi connectivity index (χ0) is 24.3. The first kappa shape index (κ1) is 22.7. The summed E-state index contributed by atoms with van der Waals surface area (Å²) < 4.78 is 66.7. The zero-order valence-corrected chi connectivity index (χ0v) is 19.1. The Morgan fingerprint density at radius 1 is 1.21 bits per heavy atom. The molecule has 2 fully saturated rings. The fraction of sp³-hybridized carbons (Fsp3) is 0.391. The predicted molar refractivity (Wildman–Crippen MR) is 119 cm³/mol. The van der Waals surface area contributed by atoms with Crippen LogP contribution in [0.3, 0.4) is 0 Å². The summed E-state index contributed by atoms with van der Waals surface area (Å²) in [7, 11) is -2.09. The summed E-state index contributed by atoms with van der Waals surface area (Å²) in [6.07, 6.45) is 0.175. The molecule has 2 aliphatic rings. The molecule has 11 heteroatoms. The van der Waals surface area contributed by atoms with Gasteiger partial charge in [0.25, 0.3) is 0 Å². The second kappa shape index (κ2) is 7.99. The highest BCUT2D eigenvalue weighted by Gasteiger charge is 2.46. The molecular weight excluding hydrogens is 467 g/mol. The fourth-order valence-electron chi connectivity index (χ4n) is 5.36. The number of nitriles is 1. The van der Waals surface area contributed by atoms with Gasteiger partial charge >= 0.3 is 6.18 Å². The van der Waals surface area contributed by atoms with Gasteiger partial charge in [-0.15, -0.1) is 0 Å². The van der Waals surface area contributed by atoms with Crippen LogP contribution in [0.4, 0.5) is 18.9 Å². The van der Waals surface area contributed by atoms with Crippen LogP contribution >= 0.6 is 0 Å². The number of nitrogens with one attached hydrogen (secondary N) is 1. The number of hydrogen-bond acceptors (Lipinski definition) is 5. The van der Waals surface area contributed by atoms with Gasteiger partial charge in [-0.2, -0.15) is 22.7 Å². The lowest BCUT2D eigenvalue weighted by atomic mass is 10.0. The molecule has 0 amide bonds. The Kier molecular flexibility index (Phi) is 5.33. The molecule has 1 aromatic carbocycles. The number of fused-ring (bicyclic) bond motifs is 2. The first-order valence-corrected chi connectivity index (χ1v) is 12.3. The van der Waals surface area contributed by atoms with Crippen LogP contribution in [0.5, 0.6) is 0 Å². The van der Waals surface area contributed by atoms with Crippen LogP contribution in [-0.2, 0) is 16.2 Å². The van der Waals surface area contributed by atoms with Crippen molar-refractivity contribution in [1.82, 2.24) is 14.3 Å². The number of alkyl halides is 3. The normalized spacial score (nSPS) is 23.2. The summed E-state index contributed by atoms with van der Waals surface area (Å²) >= 11 is 0. The van der Waals surface area contributed by atoms with E-state index in [9.17, 15) is 26.9 Å². The molecule has 1 aliphatic carbocycles. The van der Waals surface area contributed by atoms with Gasteiger partial charge in [0.05, 0.1) is 21.7 Å². The number of H-pyrrole nitrogens is 1. The quantitative estimate of drug-likeness (QED) is 0.598. The first-order chi connectivity index (χ1) is 16.1. The van der Waals surface area contributed by atoms with Crippen LogP contribution in [0.2, 0.25) is 0 Å². The van der Waals surface area contributed by atoms with Crippen molar-refractivity contribution in [2.45, 2.75) is 30.0 Å². The number of nitrogens with zero attached hydrogens (tertiary/aromatic N) is 4. The molecule has 3 aromatic rings. The monoisotopic (exact) mass is 489 g/mol. The molecule has 178 valence electrons. The van der Waals surface area contributed by atoms with Gasteiger partial charge < -0.3 is 9.88 Å². The summed E-state index contributed by atoms with van der Waals surface area (Å²) in [5.41, 5.74) is 0.987. The van der Waals surface area contributed by atoms with E-state index in [1.165, 1.54) is 10.4 Å². The SMILES string of the molecule is CN(c1c(C#N)cnc2[nH]ccc12)[C@H]1CC2CN(S(=O)(=O)c3cccc(C(F)(F)F)c3)C[C@@H]2C1. The number of sulfonamides is 1. The second-order valence-corrected chi connectivity index (χ2v) is 10.9. The molecular formula is C23H22F3N5O2S. The first-order valence-electron chi connectivity index (χ1n) is 10.9. The van der Waals surface area contributed by atoms with Crippen LogP contribution in [0.1, 0.15) is 24.0 Å². The van der Waals surface area contributed by atoms with Crippen molar-refractivity contribution in [1.29, 1.82) is 5.26 Å². The number of halogens is 3. The number of aromatic amines is 1. The molecule has 1 saturated heterocycles. The van der Waals surface area contributed by atoms with Crippen molar-refractivity contribution < 1.29 is 21.6 Å². The van der Waals surface area contributed by atoms with Gasteiger partial charge in [-0.05, 0) is 48.9 Å². The average Bonchev–Trinajstić information content (AvgIpc) is 3.52. The van der Waals surface area contributed by atoms with E-state index in [2.05, 4.69) is 20.9 Å². The molecule has 3 atom stereocenters. The van der Waals surface area contributed by atoms with Crippen LogP contribution in [-0.4, -0.2) is 48.9 Å². The van der Waals surface area contributed by atoms with Gasteiger partial charge in [-0.25, -0.2) is 13.4 Å². The van der Waals surface area contributed by atoms with E-state index in [0.29, 0.717) is 17.3 Å². The Balaban J connectivity index is 1.34. The molecule has 34 heavy (non-hydrogen) atoms. The van der Waals surface area contributed by atoms with Crippen molar-refractivity contribution in [2.75, 3.05) is 25.0 Å². The Bertz CT molecular complexity index is 1380. The van der Waals surface area contributed by atoms with Crippen LogP contribution < -0.4 is 4.90 Å². The molecule has 1 aliphatic heterocycles. The minimum atomic E-state index is -4.61. The zero-order valence-electron chi connectivity index (χ0n) is 18.2. The highest BCUT2D eigenvalue weighted by Crippen LogP contribution is 2.44. The molecule has 5 rings (SSSR count). The molecule has 0 radical (unpaired) electrons. The van der Waals surface area contributed by atoms with E-state index in [1.807, 2.05) is 13.1 Å². The van der Waals surface area contributed by atoms with Gasteiger partial charge in [0.2, 0.25) is 10.0 Å². The third kappa shape index (κ3) is 3.71. The molecule has 3 heterocycles. The minimum Gasteiger partial charge on any atom is -0.370 e. The Labute approximate surface area is 194 Å². The molecule has 0 spiro atoms. The van der Waals surface area contributed by atoms with E-state index in [0.717, 1.165) is 36.0 Å². The third-order valence-corrected chi connectivity index (χ3v) is 8.90. The molecule has 7 nitrogen and oxygen atoms in total. The summed E-state index contributed by atoms with van der Waals surface area (Å²) in [5, 5.41) is 10.5. The van der Waals surface area contributed by atoms with Crippen LogP contribution in [0, 0.1) is 23.2 Å². The van der Waals surface area contributed by atoms with Crippen molar-refractivity contribution in [3.63, 3.8) is 0 Å². The van der Waals surface area contributed by atoms with E-state index >= 15 is 0 Å².